The summed E-state index contributed by atoms with van der Waals surface area (Å²) in [4.78, 5) is 2.43. The monoisotopic (exact) mass is 614 g/mol. The maximum Gasteiger partial charge on any atom is 0.0547 e. The van der Waals surface area contributed by atoms with Crippen molar-refractivity contribution in [1.82, 2.24) is 4.57 Å². The molecule has 0 amide bonds. The van der Waals surface area contributed by atoms with Crippen LogP contribution in [0.2, 0.25) is 0 Å². The van der Waals surface area contributed by atoms with Crippen molar-refractivity contribution in [3.8, 4) is 27.9 Å². The molecule has 2 heteroatoms. The van der Waals surface area contributed by atoms with E-state index in [1.54, 1.807) is 0 Å². The fourth-order valence-corrected chi connectivity index (χ4v) is 7.35. The molecule has 0 fully saturated rings. The molecule has 0 radical (unpaired) electrons. The van der Waals surface area contributed by atoms with Crippen LogP contribution in [-0.2, 0) is 0 Å². The Morgan fingerprint density at radius 2 is 1.21 bits per heavy atom. The molecule has 0 aliphatic heterocycles. The van der Waals surface area contributed by atoms with Crippen molar-refractivity contribution in [1.29, 1.82) is 0 Å². The summed E-state index contributed by atoms with van der Waals surface area (Å²) in [6, 6.07) is 59.4. The number of hydrogen-bond donors (Lipinski definition) is 0. The van der Waals surface area contributed by atoms with Crippen LogP contribution in [0.5, 0.6) is 0 Å². The van der Waals surface area contributed by atoms with Gasteiger partial charge in [-0.15, -0.1) is 0 Å². The molecule has 1 aliphatic rings. The molecular formula is C46H34N2. The van der Waals surface area contributed by atoms with Crippen molar-refractivity contribution in [2.24, 2.45) is 0 Å². The van der Waals surface area contributed by atoms with Gasteiger partial charge in [0.05, 0.1) is 16.7 Å². The van der Waals surface area contributed by atoms with Gasteiger partial charge in [0.25, 0.3) is 0 Å². The van der Waals surface area contributed by atoms with E-state index in [2.05, 4.69) is 191 Å². The van der Waals surface area contributed by atoms with E-state index < -0.39 is 0 Å². The zero-order valence-corrected chi connectivity index (χ0v) is 26.6. The summed E-state index contributed by atoms with van der Waals surface area (Å²) in [6.07, 6.45) is 9.02. The van der Waals surface area contributed by atoms with Crippen LogP contribution in [0.25, 0.3) is 60.5 Å². The third kappa shape index (κ3) is 4.82. The second kappa shape index (κ2) is 11.9. The minimum atomic E-state index is 1.03. The molecule has 48 heavy (non-hydrogen) atoms. The largest absolute Gasteiger partial charge is 0.310 e. The first kappa shape index (κ1) is 28.1. The summed E-state index contributed by atoms with van der Waals surface area (Å²) in [6.45, 7) is 0. The minimum absolute atomic E-state index is 1.03. The highest BCUT2D eigenvalue weighted by Gasteiger charge is 2.20. The van der Waals surface area contributed by atoms with E-state index in [4.69, 9.17) is 0 Å². The van der Waals surface area contributed by atoms with Crippen molar-refractivity contribution in [3.05, 3.63) is 188 Å². The summed E-state index contributed by atoms with van der Waals surface area (Å²) in [5, 5.41) is 5.13. The van der Waals surface area contributed by atoms with Gasteiger partial charge < -0.3 is 9.47 Å². The van der Waals surface area contributed by atoms with Crippen LogP contribution in [0.15, 0.2) is 188 Å². The van der Waals surface area contributed by atoms with Crippen molar-refractivity contribution in [2.75, 3.05) is 4.90 Å². The molecule has 1 heterocycles. The van der Waals surface area contributed by atoms with Crippen LogP contribution in [0, 0.1) is 0 Å². The predicted molar refractivity (Wildman–Crippen MR) is 204 cm³/mol. The second-order valence-electron chi connectivity index (χ2n) is 12.5. The van der Waals surface area contributed by atoms with E-state index in [9.17, 15) is 0 Å². The molecule has 0 saturated heterocycles. The number of aromatic nitrogens is 1. The van der Waals surface area contributed by atoms with Crippen LogP contribution in [0.3, 0.4) is 0 Å². The molecule has 0 saturated carbocycles. The van der Waals surface area contributed by atoms with Crippen molar-refractivity contribution >= 4 is 44.0 Å². The Kier molecular flexibility index (Phi) is 6.98. The Balaban J connectivity index is 1.22. The van der Waals surface area contributed by atoms with Crippen molar-refractivity contribution in [2.45, 2.75) is 12.8 Å². The summed E-state index contributed by atoms with van der Waals surface area (Å²) >= 11 is 0. The van der Waals surface area contributed by atoms with Gasteiger partial charge in [-0.2, -0.15) is 0 Å². The molecular weight excluding hydrogens is 581 g/mol. The first-order valence-electron chi connectivity index (χ1n) is 16.8. The van der Waals surface area contributed by atoms with E-state index in [1.165, 1.54) is 60.5 Å². The number of benzene rings is 7. The van der Waals surface area contributed by atoms with E-state index in [0.717, 1.165) is 29.9 Å². The third-order valence-electron chi connectivity index (χ3n) is 9.59. The van der Waals surface area contributed by atoms with Crippen LogP contribution in [-0.4, -0.2) is 4.57 Å². The Hall–Kier alpha value is -6.12. The Morgan fingerprint density at radius 3 is 1.98 bits per heavy atom. The molecule has 2 nitrogen and oxygen atoms in total. The average Bonchev–Trinajstić information content (AvgIpc) is 3.51. The lowest BCUT2D eigenvalue weighted by atomic mass is 9.96. The highest BCUT2D eigenvalue weighted by molar-refractivity contribution is 6.21. The first-order valence-corrected chi connectivity index (χ1v) is 16.8. The summed E-state index contributed by atoms with van der Waals surface area (Å²) in [5.74, 6) is 0. The van der Waals surface area contributed by atoms with E-state index in [-0.39, 0.29) is 0 Å². The van der Waals surface area contributed by atoms with Gasteiger partial charge in [-0.1, -0.05) is 127 Å². The Labute approximate surface area is 281 Å². The maximum absolute atomic E-state index is 2.43. The van der Waals surface area contributed by atoms with Crippen LogP contribution in [0.4, 0.5) is 11.4 Å². The summed E-state index contributed by atoms with van der Waals surface area (Å²) in [7, 11) is 0. The average molecular weight is 615 g/mol. The van der Waals surface area contributed by atoms with Gasteiger partial charge in [0.1, 0.15) is 0 Å². The molecule has 0 unspecified atom stereocenters. The van der Waals surface area contributed by atoms with Crippen LogP contribution in [0.1, 0.15) is 12.8 Å². The van der Waals surface area contributed by atoms with Gasteiger partial charge in [-0.25, -0.2) is 0 Å². The predicted octanol–water partition coefficient (Wildman–Crippen LogP) is 12.6. The van der Waals surface area contributed by atoms with Crippen molar-refractivity contribution in [3.63, 3.8) is 0 Å². The SMILES string of the molecule is C1=CC(N(c2ccc(-n3c4ccccc4c4c5ccccc5ccc43)cc2)c2ccc(-c3ccccc3)cc2-c2ccccc2)=CCC1. The van der Waals surface area contributed by atoms with Gasteiger partial charge in [0.2, 0.25) is 0 Å². The molecule has 0 atom stereocenters. The van der Waals surface area contributed by atoms with Gasteiger partial charge >= 0.3 is 0 Å². The molecule has 1 aromatic heterocycles. The third-order valence-corrected chi connectivity index (χ3v) is 9.59. The van der Waals surface area contributed by atoms with E-state index in [1.807, 2.05) is 0 Å². The molecule has 1 aliphatic carbocycles. The smallest absolute Gasteiger partial charge is 0.0547 e. The number of hydrogen-bond acceptors (Lipinski definition) is 1. The zero-order chi connectivity index (χ0) is 31.9. The molecule has 8 aromatic rings. The van der Waals surface area contributed by atoms with Crippen molar-refractivity contribution < 1.29 is 0 Å². The number of rotatable bonds is 6. The fraction of sp³-hybridized carbons (Fsp3) is 0.0435. The first-order chi connectivity index (χ1) is 23.8. The molecule has 7 aromatic carbocycles. The summed E-state index contributed by atoms with van der Waals surface area (Å²) < 4.78 is 2.41. The second-order valence-corrected chi connectivity index (χ2v) is 12.5. The minimum Gasteiger partial charge on any atom is -0.310 e. The van der Waals surface area contributed by atoms with Gasteiger partial charge in [0, 0.05) is 33.4 Å². The lowest BCUT2D eigenvalue weighted by Crippen LogP contribution is -2.17. The van der Waals surface area contributed by atoms with E-state index >= 15 is 0 Å². The zero-order valence-electron chi connectivity index (χ0n) is 26.6. The standard InChI is InChI=1S/C46H34N2/c1-4-14-33(15-5-1)36-25-30-44(42(32-36)34-16-6-2-7-17-34)47(37-19-8-3-9-20-37)38-26-28-39(29-27-38)48-43-23-13-12-22-41(43)46-40-21-11-10-18-35(40)24-31-45(46)48/h1-2,4-8,10-32H,3,9H2. The topological polar surface area (TPSA) is 8.17 Å². The molecule has 228 valence electrons. The quantitative estimate of drug-likeness (QED) is 0.181. The summed E-state index contributed by atoms with van der Waals surface area (Å²) in [5.41, 5.74) is 11.9. The highest BCUT2D eigenvalue weighted by Crippen LogP contribution is 2.42. The molecule has 0 N–H and O–H groups in total. The van der Waals surface area contributed by atoms with Gasteiger partial charge in [0.15, 0.2) is 0 Å². The number of para-hydroxylation sites is 1. The Morgan fingerprint density at radius 1 is 0.500 bits per heavy atom. The number of allylic oxidation sites excluding steroid dienone is 3. The molecule has 0 bridgehead atoms. The number of anilines is 2. The number of nitrogens with zero attached hydrogens (tertiary/aromatic N) is 2. The van der Waals surface area contributed by atoms with Gasteiger partial charge in [-0.3, -0.25) is 0 Å². The maximum atomic E-state index is 2.43. The van der Waals surface area contributed by atoms with Crippen LogP contribution < -0.4 is 4.90 Å². The lowest BCUT2D eigenvalue weighted by molar-refractivity contribution is 0.997. The molecule has 0 spiro atoms. The molecule has 9 rings (SSSR count). The lowest BCUT2D eigenvalue weighted by Gasteiger charge is -2.30. The normalized spacial score (nSPS) is 12.9. The fourth-order valence-electron chi connectivity index (χ4n) is 7.35. The van der Waals surface area contributed by atoms with E-state index in [0.29, 0.717) is 0 Å². The Bertz CT molecular complexity index is 2480. The highest BCUT2D eigenvalue weighted by atomic mass is 15.1. The van der Waals surface area contributed by atoms with Crippen LogP contribution >= 0.6 is 0 Å². The van der Waals surface area contributed by atoms with Gasteiger partial charge in [-0.05, 0) is 94.9 Å². The number of fused-ring (bicyclic) bond motifs is 5.